The summed E-state index contributed by atoms with van der Waals surface area (Å²) in [5.74, 6) is 1.23. The maximum absolute atomic E-state index is 13.3. The van der Waals surface area contributed by atoms with Crippen LogP contribution in [0.15, 0.2) is 89.5 Å². The largest absolute Gasteiger partial charge is 0.339 e. The number of hydrogen-bond donors (Lipinski definition) is 0. The van der Waals surface area contributed by atoms with E-state index >= 15 is 0 Å². The quantitative estimate of drug-likeness (QED) is 0.330. The molecule has 1 aromatic heterocycles. The lowest BCUT2D eigenvalue weighted by Crippen LogP contribution is -2.35. The van der Waals surface area contributed by atoms with Crippen LogP contribution >= 0.6 is 0 Å². The Labute approximate surface area is 195 Å². The number of benzene rings is 3. The second kappa shape index (κ2) is 10.7. The van der Waals surface area contributed by atoms with Gasteiger partial charge in [-0.2, -0.15) is 4.98 Å². The molecule has 0 fully saturated rings. The van der Waals surface area contributed by atoms with Gasteiger partial charge in [0.15, 0.2) is 0 Å². The van der Waals surface area contributed by atoms with Crippen molar-refractivity contribution in [1.29, 1.82) is 0 Å². The van der Waals surface area contributed by atoms with Gasteiger partial charge in [-0.3, -0.25) is 4.79 Å². The third-order valence-corrected chi connectivity index (χ3v) is 5.88. The molecule has 0 aliphatic carbocycles. The molecule has 0 saturated heterocycles. The van der Waals surface area contributed by atoms with Gasteiger partial charge in [0.1, 0.15) is 0 Å². The summed E-state index contributed by atoms with van der Waals surface area (Å²) in [7, 11) is 0. The van der Waals surface area contributed by atoms with Crippen LogP contribution in [0.1, 0.15) is 42.0 Å². The number of hydrogen-bond acceptors (Lipinski definition) is 4. The number of aryl methyl sites for hydroxylation is 2. The number of aromatic nitrogens is 2. The van der Waals surface area contributed by atoms with E-state index in [1.165, 1.54) is 5.56 Å². The van der Waals surface area contributed by atoms with E-state index in [0.29, 0.717) is 31.1 Å². The summed E-state index contributed by atoms with van der Waals surface area (Å²) in [4.78, 5) is 19.7. The van der Waals surface area contributed by atoms with Crippen LogP contribution in [0.3, 0.4) is 0 Å². The summed E-state index contributed by atoms with van der Waals surface area (Å²) in [6.07, 6.45) is 1.68. The van der Waals surface area contributed by atoms with E-state index < -0.39 is 0 Å². The second-order valence-electron chi connectivity index (χ2n) is 8.29. The minimum Gasteiger partial charge on any atom is -0.339 e. The normalized spacial score (nSPS) is 11.8. The van der Waals surface area contributed by atoms with Crippen molar-refractivity contribution in [3.63, 3.8) is 0 Å². The Balaban J connectivity index is 1.46. The Morgan fingerprint density at radius 3 is 2.27 bits per heavy atom. The Kier molecular flexibility index (Phi) is 7.30. The molecular formula is C28H29N3O2. The maximum Gasteiger partial charge on any atom is 0.228 e. The number of nitrogens with zero attached hydrogens (tertiary/aromatic N) is 3. The highest BCUT2D eigenvalue weighted by Gasteiger charge is 2.22. The molecule has 5 heteroatoms. The summed E-state index contributed by atoms with van der Waals surface area (Å²) in [6.45, 7) is 4.63. The highest BCUT2D eigenvalue weighted by atomic mass is 16.5. The van der Waals surface area contributed by atoms with Crippen molar-refractivity contribution in [3.8, 4) is 11.4 Å². The van der Waals surface area contributed by atoms with Gasteiger partial charge >= 0.3 is 0 Å². The highest BCUT2D eigenvalue weighted by molar-refractivity contribution is 5.77. The van der Waals surface area contributed by atoms with Gasteiger partial charge in [-0.25, -0.2) is 0 Å². The Morgan fingerprint density at radius 1 is 0.909 bits per heavy atom. The molecule has 1 amide bonds. The van der Waals surface area contributed by atoms with E-state index in [-0.39, 0.29) is 11.9 Å². The molecule has 0 saturated carbocycles. The molecule has 1 atom stereocenters. The van der Waals surface area contributed by atoms with Gasteiger partial charge in [0.25, 0.3) is 0 Å². The van der Waals surface area contributed by atoms with E-state index in [1.807, 2.05) is 72.5 Å². The predicted molar refractivity (Wildman–Crippen MR) is 130 cm³/mol. The van der Waals surface area contributed by atoms with E-state index in [1.54, 1.807) is 0 Å². The van der Waals surface area contributed by atoms with Gasteiger partial charge in [0.2, 0.25) is 17.6 Å². The maximum atomic E-state index is 13.3. The molecule has 0 spiro atoms. The molecule has 0 bridgehead atoms. The lowest BCUT2D eigenvalue weighted by Gasteiger charge is -2.29. The monoisotopic (exact) mass is 439 g/mol. The third kappa shape index (κ3) is 5.95. The zero-order valence-electron chi connectivity index (χ0n) is 19.1. The highest BCUT2D eigenvalue weighted by Crippen LogP contribution is 2.23. The van der Waals surface area contributed by atoms with Crippen molar-refractivity contribution < 1.29 is 9.32 Å². The fourth-order valence-electron chi connectivity index (χ4n) is 3.88. The van der Waals surface area contributed by atoms with Crippen LogP contribution in [0, 0.1) is 6.92 Å². The van der Waals surface area contributed by atoms with Gasteiger partial charge in [-0.1, -0.05) is 95.6 Å². The van der Waals surface area contributed by atoms with E-state index in [9.17, 15) is 4.79 Å². The van der Waals surface area contributed by atoms with Crippen molar-refractivity contribution in [2.24, 2.45) is 0 Å². The number of carbonyl (C=O) groups is 1. The zero-order valence-corrected chi connectivity index (χ0v) is 19.1. The molecule has 0 radical (unpaired) electrons. The van der Waals surface area contributed by atoms with Crippen LogP contribution in [0.25, 0.3) is 11.4 Å². The van der Waals surface area contributed by atoms with Crippen LogP contribution in [-0.2, 0) is 17.6 Å². The first-order valence-corrected chi connectivity index (χ1v) is 11.4. The van der Waals surface area contributed by atoms with Crippen LogP contribution < -0.4 is 0 Å². The van der Waals surface area contributed by atoms with Crippen molar-refractivity contribution >= 4 is 5.91 Å². The van der Waals surface area contributed by atoms with Gasteiger partial charge in [0, 0.05) is 24.9 Å². The van der Waals surface area contributed by atoms with Gasteiger partial charge in [-0.15, -0.1) is 0 Å². The molecule has 4 aromatic rings. The van der Waals surface area contributed by atoms with E-state index in [4.69, 9.17) is 4.52 Å². The summed E-state index contributed by atoms with van der Waals surface area (Å²) in [5, 5.41) is 4.13. The molecule has 5 nitrogen and oxygen atoms in total. The number of carbonyl (C=O) groups excluding carboxylic acids is 1. The Morgan fingerprint density at radius 2 is 1.58 bits per heavy atom. The molecule has 4 rings (SSSR count). The lowest BCUT2D eigenvalue weighted by atomic mass is 10.0. The van der Waals surface area contributed by atoms with Gasteiger partial charge in [-0.05, 0) is 31.4 Å². The second-order valence-corrected chi connectivity index (χ2v) is 8.29. The smallest absolute Gasteiger partial charge is 0.228 e. The average molecular weight is 440 g/mol. The van der Waals surface area contributed by atoms with E-state index in [0.717, 1.165) is 23.1 Å². The Bertz CT molecular complexity index is 1150. The fourth-order valence-corrected chi connectivity index (χ4v) is 3.88. The lowest BCUT2D eigenvalue weighted by molar-refractivity contribution is -0.133. The fraction of sp³-hybridized carbons (Fsp3) is 0.250. The van der Waals surface area contributed by atoms with Crippen molar-refractivity contribution in [1.82, 2.24) is 15.0 Å². The van der Waals surface area contributed by atoms with Crippen LogP contribution in [-0.4, -0.2) is 27.5 Å². The molecule has 0 aliphatic rings. The molecule has 33 heavy (non-hydrogen) atoms. The molecule has 168 valence electrons. The van der Waals surface area contributed by atoms with Crippen LogP contribution in [0.4, 0.5) is 0 Å². The summed E-state index contributed by atoms with van der Waals surface area (Å²) >= 11 is 0. The molecule has 0 N–H and O–H groups in total. The van der Waals surface area contributed by atoms with Gasteiger partial charge in [0.05, 0.1) is 6.04 Å². The predicted octanol–water partition coefficient (Wildman–Crippen LogP) is 5.81. The summed E-state index contributed by atoms with van der Waals surface area (Å²) in [5.41, 5.74) is 4.38. The standard InChI is InChI=1S/C28H29N3O2/c1-21-13-16-25(17-14-21)28-29-26(33-30-28)19-20-31(22(2)24-11-7-4-8-12-24)27(32)18-15-23-9-5-3-6-10-23/h3-14,16-17,22H,15,18-20H2,1-2H3/t22-/m0/s1. The summed E-state index contributed by atoms with van der Waals surface area (Å²) in [6, 6.07) is 28.2. The van der Waals surface area contributed by atoms with Crippen molar-refractivity contribution in [2.45, 2.75) is 39.2 Å². The first kappa shape index (κ1) is 22.5. The molecular weight excluding hydrogens is 410 g/mol. The number of rotatable bonds is 9. The van der Waals surface area contributed by atoms with E-state index in [2.05, 4.69) is 41.3 Å². The number of amides is 1. The van der Waals surface area contributed by atoms with Crippen molar-refractivity contribution in [2.75, 3.05) is 6.54 Å². The first-order valence-electron chi connectivity index (χ1n) is 11.4. The Hall–Kier alpha value is -3.73. The minimum absolute atomic E-state index is 0.0473. The first-order chi connectivity index (χ1) is 16.1. The zero-order chi connectivity index (χ0) is 23.0. The summed E-state index contributed by atoms with van der Waals surface area (Å²) < 4.78 is 5.50. The topological polar surface area (TPSA) is 59.2 Å². The molecule has 0 unspecified atom stereocenters. The minimum atomic E-state index is -0.0473. The third-order valence-electron chi connectivity index (χ3n) is 5.88. The SMILES string of the molecule is Cc1ccc(-c2noc(CCN(C(=O)CCc3ccccc3)[C@@H](C)c3ccccc3)n2)cc1. The van der Waals surface area contributed by atoms with Gasteiger partial charge < -0.3 is 9.42 Å². The molecule has 3 aromatic carbocycles. The average Bonchev–Trinajstić information content (AvgIpc) is 3.33. The molecule has 1 heterocycles. The van der Waals surface area contributed by atoms with Crippen LogP contribution in [0.2, 0.25) is 0 Å². The van der Waals surface area contributed by atoms with Crippen molar-refractivity contribution in [3.05, 3.63) is 108 Å². The van der Waals surface area contributed by atoms with Crippen LogP contribution in [0.5, 0.6) is 0 Å². The molecule has 0 aliphatic heterocycles.